The van der Waals surface area contributed by atoms with Crippen LogP contribution in [0.5, 0.6) is 0 Å². The minimum absolute atomic E-state index is 0.121. The Balaban J connectivity index is 4.40. The van der Waals surface area contributed by atoms with Gasteiger partial charge in [0.2, 0.25) is 5.91 Å². The number of nitrogens with one attached hydrogen (secondary N) is 1. The molecule has 0 fully saturated rings. The number of carbonyl (C=O) groups is 4. The predicted octanol–water partition coefficient (Wildman–Crippen LogP) is -1.09. The van der Waals surface area contributed by atoms with Crippen LogP contribution in [0.3, 0.4) is 0 Å². The first-order valence-corrected chi connectivity index (χ1v) is 5.96. The number of hydrogen-bond donors (Lipinski definition) is 3. The monoisotopic (exact) mass is 289 g/mol. The van der Waals surface area contributed by atoms with E-state index in [9.17, 15) is 19.2 Å². The van der Waals surface area contributed by atoms with Gasteiger partial charge in [-0.3, -0.25) is 9.59 Å². The fourth-order valence-corrected chi connectivity index (χ4v) is 1.28. The van der Waals surface area contributed by atoms with E-state index in [1.54, 1.807) is 6.92 Å². The number of aliphatic carboxylic acids is 1. The molecule has 0 rings (SSSR count). The van der Waals surface area contributed by atoms with Crippen molar-refractivity contribution in [2.24, 2.45) is 5.73 Å². The fourth-order valence-electron chi connectivity index (χ4n) is 1.28. The molecule has 0 saturated carbocycles. The van der Waals surface area contributed by atoms with Crippen molar-refractivity contribution in [3.63, 3.8) is 0 Å². The molecule has 0 heterocycles. The first-order valence-electron chi connectivity index (χ1n) is 5.96. The summed E-state index contributed by atoms with van der Waals surface area (Å²) < 4.78 is 4.66. The molecule has 1 atom stereocenters. The summed E-state index contributed by atoms with van der Waals surface area (Å²) in [5, 5.41) is 11.1. The van der Waals surface area contributed by atoms with Crippen LogP contribution < -0.4 is 11.1 Å². The standard InChI is InChI=1S/C11H19N3O6/c1-3-20-9(16)6-14(2)11(19)13-7(10(17)18)4-5-8(12)15/h7H,3-6H2,1-2H3,(H2,12,15)(H,13,19)(H,17,18)/t7-/m0/s1. The Morgan fingerprint density at radius 1 is 1.35 bits per heavy atom. The van der Waals surface area contributed by atoms with E-state index in [4.69, 9.17) is 10.8 Å². The highest BCUT2D eigenvalue weighted by Crippen LogP contribution is 1.99. The minimum Gasteiger partial charge on any atom is -0.480 e. The van der Waals surface area contributed by atoms with Gasteiger partial charge in [0, 0.05) is 13.5 Å². The Bertz CT molecular complexity index is 384. The first kappa shape index (κ1) is 17.7. The van der Waals surface area contributed by atoms with Crippen LogP contribution in [-0.2, 0) is 19.1 Å². The summed E-state index contributed by atoms with van der Waals surface area (Å²) in [5.74, 6) is -2.55. The lowest BCUT2D eigenvalue weighted by molar-refractivity contribution is -0.143. The molecule has 0 radical (unpaired) electrons. The predicted molar refractivity (Wildman–Crippen MR) is 67.6 cm³/mol. The Kier molecular flexibility index (Phi) is 7.71. The lowest BCUT2D eigenvalue weighted by Crippen LogP contribution is -2.48. The van der Waals surface area contributed by atoms with Gasteiger partial charge in [0.15, 0.2) is 0 Å². The molecule has 4 N–H and O–H groups in total. The molecule has 0 aliphatic carbocycles. The maximum atomic E-state index is 11.7. The third kappa shape index (κ3) is 7.19. The summed E-state index contributed by atoms with van der Waals surface area (Å²) in [7, 11) is 1.32. The quantitative estimate of drug-likeness (QED) is 0.485. The van der Waals surface area contributed by atoms with Crippen molar-refractivity contribution in [3.8, 4) is 0 Å². The number of rotatable bonds is 8. The van der Waals surface area contributed by atoms with Crippen molar-refractivity contribution in [3.05, 3.63) is 0 Å². The number of nitrogens with two attached hydrogens (primary N) is 1. The number of likely N-dealkylation sites (N-methyl/N-ethyl adjacent to an activating group) is 1. The Morgan fingerprint density at radius 2 is 1.95 bits per heavy atom. The van der Waals surface area contributed by atoms with Crippen molar-refractivity contribution in [2.75, 3.05) is 20.2 Å². The molecule has 0 saturated heterocycles. The lowest BCUT2D eigenvalue weighted by Gasteiger charge is -2.20. The number of carboxylic acids is 1. The number of urea groups is 1. The van der Waals surface area contributed by atoms with E-state index in [-0.39, 0.29) is 26.0 Å². The number of carboxylic acid groups (broad SMARTS) is 1. The number of hydrogen-bond acceptors (Lipinski definition) is 5. The molecule has 9 heteroatoms. The second-order valence-corrected chi connectivity index (χ2v) is 4.01. The van der Waals surface area contributed by atoms with Crippen LogP contribution >= 0.6 is 0 Å². The van der Waals surface area contributed by atoms with Crippen LogP contribution in [0.15, 0.2) is 0 Å². The summed E-state index contributed by atoms with van der Waals surface area (Å²) in [6, 6.07) is -2.01. The highest BCUT2D eigenvalue weighted by Gasteiger charge is 2.23. The second-order valence-electron chi connectivity index (χ2n) is 4.01. The highest BCUT2D eigenvalue weighted by atomic mass is 16.5. The van der Waals surface area contributed by atoms with Crippen molar-refractivity contribution in [1.29, 1.82) is 0 Å². The van der Waals surface area contributed by atoms with Gasteiger partial charge in [-0.15, -0.1) is 0 Å². The third-order valence-corrected chi connectivity index (χ3v) is 2.29. The van der Waals surface area contributed by atoms with E-state index in [0.29, 0.717) is 0 Å². The molecule has 20 heavy (non-hydrogen) atoms. The van der Waals surface area contributed by atoms with Gasteiger partial charge in [-0.2, -0.15) is 0 Å². The van der Waals surface area contributed by atoms with Gasteiger partial charge in [0.1, 0.15) is 12.6 Å². The van der Waals surface area contributed by atoms with Gasteiger partial charge in [-0.1, -0.05) is 0 Å². The normalized spacial score (nSPS) is 11.3. The van der Waals surface area contributed by atoms with Crippen molar-refractivity contribution in [1.82, 2.24) is 10.2 Å². The number of nitrogens with zero attached hydrogens (tertiary/aromatic N) is 1. The zero-order valence-corrected chi connectivity index (χ0v) is 11.4. The average Bonchev–Trinajstić information content (AvgIpc) is 2.33. The zero-order valence-electron chi connectivity index (χ0n) is 11.4. The Hall–Kier alpha value is -2.32. The van der Waals surface area contributed by atoms with E-state index < -0.39 is 29.9 Å². The highest BCUT2D eigenvalue weighted by molar-refractivity contribution is 5.85. The van der Waals surface area contributed by atoms with Crippen LogP contribution in [0.25, 0.3) is 0 Å². The van der Waals surface area contributed by atoms with Crippen molar-refractivity contribution < 1.29 is 29.0 Å². The van der Waals surface area contributed by atoms with Crippen LogP contribution in [0.2, 0.25) is 0 Å². The first-order chi connectivity index (χ1) is 9.27. The van der Waals surface area contributed by atoms with E-state index >= 15 is 0 Å². The summed E-state index contributed by atoms with van der Waals surface area (Å²) >= 11 is 0. The molecule has 0 aliphatic rings. The Morgan fingerprint density at radius 3 is 2.40 bits per heavy atom. The summed E-state index contributed by atoms with van der Waals surface area (Å²) in [5.41, 5.74) is 4.91. The molecule has 0 aliphatic heterocycles. The van der Waals surface area contributed by atoms with E-state index in [1.165, 1.54) is 7.05 Å². The van der Waals surface area contributed by atoms with Crippen molar-refractivity contribution in [2.45, 2.75) is 25.8 Å². The van der Waals surface area contributed by atoms with Crippen LogP contribution in [0.1, 0.15) is 19.8 Å². The number of primary amides is 1. The minimum atomic E-state index is -1.29. The van der Waals surface area contributed by atoms with Crippen LogP contribution in [0, 0.1) is 0 Å². The number of ether oxygens (including phenoxy) is 1. The third-order valence-electron chi connectivity index (χ3n) is 2.29. The second kappa shape index (κ2) is 8.73. The summed E-state index contributed by atoms with van der Waals surface area (Å²) in [4.78, 5) is 45.4. The molecule has 0 aromatic carbocycles. The van der Waals surface area contributed by atoms with Gasteiger partial charge in [0.05, 0.1) is 6.61 Å². The Labute approximate surface area is 116 Å². The summed E-state index contributed by atoms with van der Waals surface area (Å²) in [6.07, 6.45) is -0.289. The number of carbonyl (C=O) groups excluding carboxylic acids is 3. The average molecular weight is 289 g/mol. The molecule has 0 bridgehead atoms. The maximum absolute atomic E-state index is 11.7. The van der Waals surface area contributed by atoms with Crippen molar-refractivity contribution >= 4 is 23.9 Å². The van der Waals surface area contributed by atoms with Gasteiger partial charge in [-0.25, -0.2) is 9.59 Å². The van der Waals surface area contributed by atoms with E-state index in [1.807, 2.05) is 0 Å². The zero-order chi connectivity index (χ0) is 15.7. The number of amides is 3. The molecule has 0 spiro atoms. The maximum Gasteiger partial charge on any atom is 0.326 e. The molecule has 9 nitrogen and oxygen atoms in total. The number of esters is 1. The smallest absolute Gasteiger partial charge is 0.326 e. The van der Waals surface area contributed by atoms with Gasteiger partial charge in [-0.05, 0) is 13.3 Å². The van der Waals surface area contributed by atoms with Crippen LogP contribution in [0.4, 0.5) is 4.79 Å². The largest absolute Gasteiger partial charge is 0.480 e. The lowest BCUT2D eigenvalue weighted by atomic mass is 10.1. The molecule has 0 unspecified atom stereocenters. The molecule has 0 aromatic heterocycles. The topological polar surface area (TPSA) is 139 Å². The SMILES string of the molecule is CCOC(=O)CN(C)C(=O)N[C@@H](CCC(N)=O)C(=O)O. The molecule has 0 aromatic rings. The van der Waals surface area contributed by atoms with E-state index in [2.05, 4.69) is 10.1 Å². The molecular formula is C11H19N3O6. The molecule has 114 valence electrons. The van der Waals surface area contributed by atoms with Gasteiger partial charge in [0.25, 0.3) is 0 Å². The van der Waals surface area contributed by atoms with Gasteiger partial charge < -0.3 is 25.8 Å². The van der Waals surface area contributed by atoms with Crippen LogP contribution in [-0.4, -0.2) is 60.1 Å². The van der Waals surface area contributed by atoms with Gasteiger partial charge >= 0.3 is 18.0 Å². The fraction of sp³-hybridized carbons (Fsp3) is 0.636. The summed E-state index contributed by atoms with van der Waals surface area (Å²) in [6.45, 7) is 1.51. The molecular weight excluding hydrogens is 270 g/mol. The van der Waals surface area contributed by atoms with E-state index in [0.717, 1.165) is 4.90 Å². The molecule has 3 amide bonds.